The Morgan fingerprint density at radius 1 is 0.833 bits per heavy atom. The summed E-state index contributed by atoms with van der Waals surface area (Å²) in [6.07, 6.45) is -9.78. The molecule has 0 aliphatic rings. The molecule has 126 valence electrons. The van der Waals surface area contributed by atoms with Crippen LogP contribution in [0.5, 0.6) is 0 Å². The molecule has 0 atom stereocenters. The Morgan fingerprint density at radius 2 is 1.38 bits per heavy atom. The minimum absolute atomic E-state index is 0.0350. The third-order valence-electron chi connectivity index (χ3n) is 3.63. The third kappa shape index (κ3) is 2.83. The molecule has 0 bridgehead atoms. The Kier molecular flexibility index (Phi) is 3.58. The first-order chi connectivity index (χ1) is 11.1. The van der Waals surface area contributed by atoms with Gasteiger partial charge in [-0.2, -0.15) is 26.3 Å². The Balaban J connectivity index is 2.28. The van der Waals surface area contributed by atoms with Crippen molar-refractivity contribution in [1.29, 1.82) is 0 Å². The normalized spacial score (nSPS) is 12.8. The van der Waals surface area contributed by atoms with Gasteiger partial charge in [-0.05, 0) is 30.3 Å². The molecule has 3 rings (SSSR count). The Bertz CT molecular complexity index is 873. The van der Waals surface area contributed by atoms with Gasteiger partial charge in [0.15, 0.2) is 0 Å². The van der Waals surface area contributed by atoms with Crippen LogP contribution in [-0.4, -0.2) is 9.55 Å². The number of imidazole rings is 1. The van der Waals surface area contributed by atoms with E-state index < -0.39 is 23.5 Å². The lowest BCUT2D eigenvalue weighted by Gasteiger charge is -2.14. The van der Waals surface area contributed by atoms with Gasteiger partial charge < -0.3 is 4.57 Å². The molecule has 0 spiro atoms. The number of para-hydroxylation sites is 2. The molecular weight excluding hydrogens is 334 g/mol. The van der Waals surface area contributed by atoms with Gasteiger partial charge in [0.2, 0.25) is 0 Å². The summed E-state index contributed by atoms with van der Waals surface area (Å²) in [5.41, 5.74) is -1.87. The van der Waals surface area contributed by atoms with Crippen LogP contribution in [0.3, 0.4) is 0 Å². The maximum absolute atomic E-state index is 13.0. The van der Waals surface area contributed by atoms with Gasteiger partial charge >= 0.3 is 12.4 Å². The molecule has 3 aromatic rings. The highest BCUT2D eigenvalue weighted by Crippen LogP contribution is 2.38. The Morgan fingerprint density at radius 3 is 1.88 bits per heavy atom. The van der Waals surface area contributed by atoms with Crippen molar-refractivity contribution >= 4 is 11.0 Å². The predicted molar refractivity (Wildman–Crippen MR) is 76.2 cm³/mol. The number of aromatic nitrogens is 2. The van der Waals surface area contributed by atoms with E-state index in [4.69, 9.17) is 0 Å². The van der Waals surface area contributed by atoms with Crippen molar-refractivity contribution in [2.45, 2.75) is 12.4 Å². The number of aryl methyl sites for hydroxylation is 1. The molecule has 0 saturated heterocycles. The van der Waals surface area contributed by atoms with Gasteiger partial charge in [-0.3, -0.25) is 0 Å². The van der Waals surface area contributed by atoms with Crippen molar-refractivity contribution in [2.75, 3.05) is 0 Å². The molecule has 0 radical (unpaired) electrons. The average molecular weight is 344 g/mol. The zero-order valence-corrected chi connectivity index (χ0v) is 12.2. The molecule has 0 unspecified atom stereocenters. The van der Waals surface area contributed by atoms with E-state index in [2.05, 4.69) is 4.98 Å². The molecule has 0 aliphatic carbocycles. The Hall–Kier alpha value is -2.51. The summed E-state index contributed by atoms with van der Waals surface area (Å²) in [7, 11) is 1.54. The first-order valence-corrected chi connectivity index (χ1v) is 6.78. The monoisotopic (exact) mass is 344 g/mol. The average Bonchev–Trinajstić information content (AvgIpc) is 2.83. The summed E-state index contributed by atoms with van der Waals surface area (Å²) in [6, 6.07) is 8.17. The highest BCUT2D eigenvalue weighted by molar-refractivity contribution is 5.80. The fourth-order valence-electron chi connectivity index (χ4n) is 2.49. The lowest BCUT2D eigenvalue weighted by Crippen LogP contribution is -2.11. The largest absolute Gasteiger partial charge is 0.416 e. The van der Waals surface area contributed by atoms with Gasteiger partial charge in [0, 0.05) is 12.6 Å². The van der Waals surface area contributed by atoms with E-state index in [1.165, 1.54) is 11.6 Å². The van der Waals surface area contributed by atoms with Crippen molar-refractivity contribution in [3.8, 4) is 11.4 Å². The summed E-state index contributed by atoms with van der Waals surface area (Å²) in [4.78, 5) is 4.16. The number of alkyl halides is 6. The van der Waals surface area contributed by atoms with E-state index >= 15 is 0 Å². The van der Waals surface area contributed by atoms with Crippen LogP contribution in [0.15, 0.2) is 42.5 Å². The first-order valence-electron chi connectivity index (χ1n) is 6.78. The van der Waals surface area contributed by atoms with Crippen molar-refractivity contribution in [2.24, 2.45) is 7.05 Å². The van der Waals surface area contributed by atoms with Gasteiger partial charge in [0.05, 0.1) is 22.2 Å². The molecular formula is C16H10F6N2. The maximum atomic E-state index is 13.0. The second kappa shape index (κ2) is 5.25. The number of rotatable bonds is 1. The van der Waals surface area contributed by atoms with Gasteiger partial charge in [-0.25, -0.2) is 4.98 Å². The summed E-state index contributed by atoms with van der Waals surface area (Å²) in [6.45, 7) is 0. The molecule has 2 nitrogen and oxygen atoms in total. The number of hydrogen-bond acceptors (Lipinski definition) is 1. The molecule has 24 heavy (non-hydrogen) atoms. The van der Waals surface area contributed by atoms with E-state index in [0.29, 0.717) is 23.2 Å². The second-order valence-corrected chi connectivity index (χ2v) is 5.28. The molecule has 0 aliphatic heterocycles. The van der Waals surface area contributed by atoms with Crippen LogP contribution >= 0.6 is 0 Å². The van der Waals surface area contributed by atoms with Crippen molar-refractivity contribution in [3.05, 3.63) is 53.6 Å². The minimum atomic E-state index is -4.89. The summed E-state index contributed by atoms with van der Waals surface area (Å²) < 4.78 is 79.2. The molecule has 0 fully saturated rings. The van der Waals surface area contributed by atoms with Crippen LogP contribution in [0.2, 0.25) is 0 Å². The fraction of sp³-hybridized carbons (Fsp3) is 0.188. The van der Waals surface area contributed by atoms with Crippen molar-refractivity contribution in [1.82, 2.24) is 9.55 Å². The van der Waals surface area contributed by atoms with Crippen LogP contribution in [0.1, 0.15) is 11.1 Å². The lowest BCUT2D eigenvalue weighted by molar-refractivity contribution is -0.143. The van der Waals surface area contributed by atoms with E-state index in [9.17, 15) is 26.3 Å². The molecule has 1 aromatic heterocycles. The number of halogens is 6. The smallest absolute Gasteiger partial charge is 0.327 e. The van der Waals surface area contributed by atoms with Crippen molar-refractivity contribution < 1.29 is 26.3 Å². The highest BCUT2D eigenvalue weighted by atomic mass is 19.4. The van der Waals surface area contributed by atoms with Gasteiger partial charge in [-0.15, -0.1) is 0 Å². The number of nitrogens with zero attached hydrogens (tertiary/aromatic N) is 2. The van der Waals surface area contributed by atoms with E-state index in [1.807, 2.05) is 0 Å². The molecule has 2 aromatic carbocycles. The van der Waals surface area contributed by atoms with Crippen molar-refractivity contribution in [3.63, 3.8) is 0 Å². The summed E-state index contributed by atoms with van der Waals surface area (Å²) in [5.74, 6) is 0.0350. The minimum Gasteiger partial charge on any atom is -0.327 e. The molecule has 0 amide bonds. The third-order valence-corrected chi connectivity index (χ3v) is 3.63. The number of fused-ring (bicyclic) bond motifs is 1. The summed E-state index contributed by atoms with van der Waals surface area (Å²) in [5, 5.41) is 0. The molecule has 8 heteroatoms. The molecule has 0 saturated carbocycles. The zero-order valence-electron chi connectivity index (χ0n) is 12.2. The zero-order chi connectivity index (χ0) is 17.7. The van der Waals surface area contributed by atoms with Crippen LogP contribution in [0, 0.1) is 0 Å². The molecule has 0 N–H and O–H groups in total. The Labute approximate surface area is 132 Å². The fourth-order valence-corrected chi connectivity index (χ4v) is 2.49. The van der Waals surface area contributed by atoms with Gasteiger partial charge in [-0.1, -0.05) is 12.1 Å². The van der Waals surface area contributed by atoms with Gasteiger partial charge in [0.1, 0.15) is 5.82 Å². The molecule has 1 heterocycles. The maximum Gasteiger partial charge on any atom is 0.416 e. The first kappa shape index (κ1) is 16.4. The van der Waals surface area contributed by atoms with Crippen LogP contribution in [0.4, 0.5) is 26.3 Å². The van der Waals surface area contributed by atoms with Crippen LogP contribution in [-0.2, 0) is 19.4 Å². The van der Waals surface area contributed by atoms with Crippen LogP contribution in [0.25, 0.3) is 22.4 Å². The topological polar surface area (TPSA) is 17.8 Å². The predicted octanol–water partition coefficient (Wildman–Crippen LogP) is 5.28. The van der Waals surface area contributed by atoms with Gasteiger partial charge in [0.25, 0.3) is 0 Å². The standard InChI is InChI=1S/C16H10F6N2/c1-24-13-5-3-2-4-12(13)23-14(24)9-6-10(15(17,18)19)8-11(7-9)16(20,21)22/h2-8H,1H3. The SMILES string of the molecule is Cn1c(-c2cc(C(F)(F)F)cc(C(F)(F)F)c2)nc2ccccc21. The second-order valence-electron chi connectivity index (χ2n) is 5.28. The van der Waals surface area contributed by atoms with E-state index in [0.717, 1.165) is 0 Å². The quantitative estimate of drug-likeness (QED) is 0.549. The summed E-state index contributed by atoms with van der Waals surface area (Å²) >= 11 is 0. The van der Waals surface area contributed by atoms with E-state index in [-0.39, 0.29) is 17.5 Å². The van der Waals surface area contributed by atoms with Crippen LogP contribution < -0.4 is 0 Å². The van der Waals surface area contributed by atoms with E-state index in [1.54, 1.807) is 24.3 Å². The lowest BCUT2D eigenvalue weighted by atomic mass is 10.0. The number of benzene rings is 2. The number of hydrogen-bond donors (Lipinski definition) is 0. The highest BCUT2D eigenvalue weighted by Gasteiger charge is 2.37.